The Bertz CT molecular complexity index is 1240. The number of carbonyl (C=O) groups excluding carboxylic acids is 2. The smallest absolute Gasteiger partial charge is 0.262 e. The van der Waals surface area contributed by atoms with E-state index in [-0.39, 0.29) is 28.7 Å². The largest absolute Gasteiger partial charge is 0.495 e. The minimum atomic E-state index is -3.77. The molecule has 1 amide bonds. The van der Waals surface area contributed by atoms with Gasteiger partial charge in [-0.15, -0.1) is 0 Å². The predicted molar refractivity (Wildman–Crippen MR) is 124 cm³/mol. The molecule has 0 fully saturated rings. The van der Waals surface area contributed by atoms with Gasteiger partial charge in [-0.2, -0.15) is 0 Å². The van der Waals surface area contributed by atoms with Crippen LogP contribution >= 0.6 is 0 Å². The third-order valence-electron chi connectivity index (χ3n) is 4.73. The second-order valence-electron chi connectivity index (χ2n) is 7.21. The molecule has 0 bridgehead atoms. The van der Waals surface area contributed by atoms with Crippen molar-refractivity contribution in [2.24, 2.45) is 0 Å². The number of methoxy groups -OCH3 is 1. The van der Waals surface area contributed by atoms with Crippen LogP contribution in [-0.4, -0.2) is 52.2 Å². The Kier molecular flexibility index (Phi) is 7.47. The molecular formula is C24H24N2O6S. The lowest BCUT2D eigenvalue weighted by Gasteiger charge is -2.16. The van der Waals surface area contributed by atoms with Gasteiger partial charge in [0.25, 0.3) is 5.91 Å². The molecule has 0 saturated carbocycles. The number of ketones is 1. The van der Waals surface area contributed by atoms with Crippen LogP contribution in [-0.2, 0) is 14.8 Å². The van der Waals surface area contributed by atoms with Gasteiger partial charge in [-0.25, -0.2) is 12.7 Å². The summed E-state index contributed by atoms with van der Waals surface area (Å²) in [5, 5.41) is 2.61. The number of hydrogen-bond donors (Lipinski definition) is 1. The summed E-state index contributed by atoms with van der Waals surface area (Å²) in [7, 11) is 0.422. The number of amides is 1. The molecule has 0 heterocycles. The van der Waals surface area contributed by atoms with Crippen molar-refractivity contribution in [1.82, 2.24) is 4.31 Å². The SMILES string of the molecule is COc1ccc(NC(=O)COc2ccc(C(=O)c3ccccc3)cc2)cc1S(=O)(=O)N(C)C. The van der Waals surface area contributed by atoms with Crippen molar-refractivity contribution in [1.29, 1.82) is 0 Å². The molecule has 0 unspecified atom stereocenters. The molecule has 0 aliphatic carbocycles. The highest BCUT2D eigenvalue weighted by Crippen LogP contribution is 2.28. The molecule has 3 rings (SSSR count). The normalized spacial score (nSPS) is 11.2. The lowest BCUT2D eigenvalue weighted by atomic mass is 10.0. The van der Waals surface area contributed by atoms with Crippen LogP contribution in [0.4, 0.5) is 5.69 Å². The summed E-state index contributed by atoms with van der Waals surface area (Å²) in [5.41, 5.74) is 1.38. The van der Waals surface area contributed by atoms with Crippen molar-refractivity contribution < 1.29 is 27.5 Å². The summed E-state index contributed by atoms with van der Waals surface area (Å²) in [5.74, 6) is 0.00383. The van der Waals surface area contributed by atoms with E-state index in [2.05, 4.69) is 5.32 Å². The van der Waals surface area contributed by atoms with E-state index in [1.54, 1.807) is 48.5 Å². The van der Waals surface area contributed by atoms with Crippen LogP contribution in [0.5, 0.6) is 11.5 Å². The highest BCUT2D eigenvalue weighted by molar-refractivity contribution is 7.89. The fraction of sp³-hybridized carbons (Fsp3) is 0.167. The fourth-order valence-corrected chi connectivity index (χ4v) is 4.03. The van der Waals surface area contributed by atoms with Crippen LogP contribution in [0.3, 0.4) is 0 Å². The number of anilines is 1. The first kappa shape index (κ1) is 24.0. The molecule has 0 spiro atoms. The van der Waals surface area contributed by atoms with E-state index < -0.39 is 15.9 Å². The zero-order valence-corrected chi connectivity index (χ0v) is 19.3. The standard InChI is InChI=1S/C24H24N2O6S/c1-26(2)33(29,30)22-15-19(11-14-21(22)31-3)25-23(27)16-32-20-12-9-18(10-13-20)24(28)17-7-5-4-6-8-17/h4-15H,16H2,1-3H3,(H,25,27). The van der Waals surface area contributed by atoms with E-state index in [1.807, 2.05) is 6.07 Å². The molecule has 0 aliphatic heterocycles. The maximum Gasteiger partial charge on any atom is 0.262 e. The van der Waals surface area contributed by atoms with Crippen LogP contribution in [0.1, 0.15) is 15.9 Å². The van der Waals surface area contributed by atoms with Gasteiger partial charge < -0.3 is 14.8 Å². The van der Waals surface area contributed by atoms with Gasteiger partial charge in [0, 0.05) is 30.9 Å². The van der Waals surface area contributed by atoms with Gasteiger partial charge in [-0.1, -0.05) is 30.3 Å². The number of sulfonamides is 1. The third-order valence-corrected chi connectivity index (χ3v) is 6.56. The number of carbonyl (C=O) groups is 2. The number of nitrogens with one attached hydrogen (secondary N) is 1. The van der Waals surface area contributed by atoms with E-state index >= 15 is 0 Å². The topological polar surface area (TPSA) is 102 Å². The quantitative estimate of drug-likeness (QED) is 0.484. The summed E-state index contributed by atoms with van der Waals surface area (Å²) in [6.07, 6.45) is 0. The first-order valence-electron chi connectivity index (χ1n) is 9.95. The van der Waals surface area contributed by atoms with E-state index in [0.717, 1.165) is 4.31 Å². The maximum atomic E-state index is 12.5. The summed E-state index contributed by atoms with van der Waals surface area (Å²) >= 11 is 0. The summed E-state index contributed by atoms with van der Waals surface area (Å²) in [4.78, 5) is 24.7. The van der Waals surface area contributed by atoms with Crippen molar-refractivity contribution in [2.45, 2.75) is 4.90 Å². The Balaban J connectivity index is 1.63. The Morgan fingerprint density at radius 2 is 1.55 bits per heavy atom. The molecule has 172 valence electrons. The summed E-state index contributed by atoms with van der Waals surface area (Å²) < 4.78 is 36.7. The molecule has 9 heteroatoms. The molecule has 3 aromatic rings. The highest BCUT2D eigenvalue weighted by Gasteiger charge is 2.23. The van der Waals surface area contributed by atoms with Gasteiger partial charge in [0.2, 0.25) is 10.0 Å². The minimum absolute atomic E-state index is 0.0626. The van der Waals surface area contributed by atoms with Crippen molar-refractivity contribution >= 4 is 27.4 Å². The van der Waals surface area contributed by atoms with E-state index in [9.17, 15) is 18.0 Å². The highest BCUT2D eigenvalue weighted by atomic mass is 32.2. The number of nitrogens with zero attached hydrogens (tertiary/aromatic N) is 1. The predicted octanol–water partition coefficient (Wildman–Crippen LogP) is 3.19. The maximum absolute atomic E-state index is 12.5. The van der Waals surface area contributed by atoms with Crippen LogP contribution in [0.25, 0.3) is 0 Å². The van der Waals surface area contributed by atoms with Gasteiger partial charge in [0.1, 0.15) is 16.4 Å². The average Bonchev–Trinajstić information content (AvgIpc) is 2.83. The number of rotatable bonds is 9. The van der Waals surface area contributed by atoms with Crippen LogP contribution in [0.15, 0.2) is 77.7 Å². The van der Waals surface area contributed by atoms with E-state index in [4.69, 9.17) is 9.47 Å². The van der Waals surface area contributed by atoms with Crippen LogP contribution < -0.4 is 14.8 Å². The minimum Gasteiger partial charge on any atom is -0.495 e. The number of hydrogen-bond acceptors (Lipinski definition) is 6. The number of ether oxygens (including phenoxy) is 2. The van der Waals surface area contributed by atoms with Crippen molar-refractivity contribution in [2.75, 3.05) is 33.1 Å². The van der Waals surface area contributed by atoms with Crippen LogP contribution in [0, 0.1) is 0 Å². The van der Waals surface area contributed by atoms with Crippen molar-refractivity contribution in [3.05, 3.63) is 83.9 Å². The van der Waals surface area contributed by atoms with Crippen molar-refractivity contribution in [3.8, 4) is 11.5 Å². The Morgan fingerprint density at radius 1 is 0.909 bits per heavy atom. The Labute approximate surface area is 192 Å². The molecule has 8 nitrogen and oxygen atoms in total. The van der Waals surface area contributed by atoms with Gasteiger partial charge in [-0.05, 0) is 42.5 Å². The van der Waals surface area contributed by atoms with Gasteiger partial charge in [0.05, 0.1) is 7.11 Å². The lowest BCUT2D eigenvalue weighted by Crippen LogP contribution is -2.24. The fourth-order valence-electron chi connectivity index (χ4n) is 2.96. The molecule has 33 heavy (non-hydrogen) atoms. The van der Waals surface area contributed by atoms with Gasteiger partial charge >= 0.3 is 0 Å². The molecule has 0 saturated heterocycles. The third kappa shape index (κ3) is 5.76. The molecule has 3 aromatic carbocycles. The first-order chi connectivity index (χ1) is 15.7. The number of benzene rings is 3. The summed E-state index contributed by atoms with van der Waals surface area (Å²) in [6, 6.07) is 19.7. The van der Waals surface area contributed by atoms with Gasteiger partial charge in [-0.3, -0.25) is 9.59 Å². The molecule has 1 N–H and O–H groups in total. The average molecular weight is 469 g/mol. The molecule has 0 radical (unpaired) electrons. The monoisotopic (exact) mass is 468 g/mol. The molecule has 0 aromatic heterocycles. The Morgan fingerprint density at radius 3 is 2.15 bits per heavy atom. The molecular weight excluding hydrogens is 444 g/mol. The molecule has 0 aliphatic rings. The van der Waals surface area contributed by atoms with Crippen molar-refractivity contribution in [3.63, 3.8) is 0 Å². The zero-order valence-electron chi connectivity index (χ0n) is 18.4. The van der Waals surface area contributed by atoms with E-state index in [1.165, 1.54) is 39.4 Å². The van der Waals surface area contributed by atoms with Gasteiger partial charge in [0.15, 0.2) is 12.4 Å². The second-order valence-corrected chi connectivity index (χ2v) is 9.33. The van der Waals surface area contributed by atoms with Crippen LogP contribution in [0.2, 0.25) is 0 Å². The summed E-state index contributed by atoms with van der Waals surface area (Å²) in [6.45, 7) is -0.298. The second kappa shape index (κ2) is 10.3. The Hall–Kier alpha value is -3.69. The molecule has 0 atom stereocenters. The zero-order chi connectivity index (χ0) is 24.0. The van der Waals surface area contributed by atoms with E-state index in [0.29, 0.717) is 16.9 Å². The first-order valence-corrected chi connectivity index (χ1v) is 11.4. The lowest BCUT2D eigenvalue weighted by molar-refractivity contribution is -0.118.